The van der Waals surface area contributed by atoms with Gasteiger partial charge in [0.05, 0.1) is 0 Å². The van der Waals surface area contributed by atoms with Gasteiger partial charge in [-0.25, -0.2) is 7.05 Å². The number of nitrogens with zero attached hydrogens (tertiary/aromatic N) is 1. The molecule has 0 N–H and O–H groups in total. The average Bonchev–Trinajstić information content (AvgIpc) is 2.46. The van der Waals surface area contributed by atoms with Crippen LogP contribution in [-0.4, -0.2) is 16.7 Å². The van der Waals surface area contributed by atoms with Crippen molar-refractivity contribution in [3.63, 3.8) is 0 Å². The zero-order chi connectivity index (χ0) is 11.4. The molecule has 0 spiro atoms. The van der Waals surface area contributed by atoms with Crippen LogP contribution in [0.2, 0.25) is 0 Å². The second-order valence-electron chi connectivity index (χ2n) is 2.64. The summed E-state index contributed by atoms with van der Waals surface area (Å²) in [4.78, 5) is 23.4. The third-order valence-corrected chi connectivity index (χ3v) is 1.88. The van der Waals surface area contributed by atoms with Gasteiger partial charge in [-0.15, -0.1) is 0 Å². The van der Waals surface area contributed by atoms with Crippen LogP contribution >= 0.6 is 20.1 Å². The van der Waals surface area contributed by atoms with Gasteiger partial charge >= 0.3 is 33.5 Å². The van der Waals surface area contributed by atoms with Crippen molar-refractivity contribution in [2.45, 2.75) is 0 Å². The van der Waals surface area contributed by atoms with E-state index in [0.29, 0.717) is 11.1 Å². The van der Waals surface area contributed by atoms with Crippen LogP contribution in [0.3, 0.4) is 0 Å². The molecule has 0 bridgehead atoms. The number of hydrogen-bond acceptors (Lipinski definition) is 2. The summed E-state index contributed by atoms with van der Waals surface area (Å²) in [6, 6.07) is 6.70. The third-order valence-electron chi connectivity index (χ3n) is 1.88. The number of carbonyl (C=O) groups is 2. The first-order valence-electron chi connectivity index (χ1n) is 3.81. The van der Waals surface area contributed by atoms with Crippen LogP contribution in [-0.2, 0) is 13.4 Å². The van der Waals surface area contributed by atoms with Crippen LogP contribution in [0.5, 0.6) is 0 Å². The first kappa shape index (κ1) is 12.5. The first-order valence-corrected chi connectivity index (χ1v) is 7.32. The van der Waals surface area contributed by atoms with Crippen LogP contribution in [0, 0.1) is 7.05 Å². The van der Waals surface area contributed by atoms with Crippen molar-refractivity contribution in [1.82, 2.24) is 4.90 Å². The standard InChI is InChI=1S/C9H6NO2.2ClH.Cr/c1-10-8(11)6-4-2-3-5-7(6)9(10)12;;;/h2-5H,1H2;2*1H;/q-1;;;+3/p-2. The van der Waals surface area contributed by atoms with E-state index in [1.165, 1.54) is 0 Å². The molecular formula is C9H6Cl2CrNO2. The van der Waals surface area contributed by atoms with Crippen molar-refractivity contribution in [2.75, 3.05) is 0 Å². The molecule has 0 unspecified atom stereocenters. The number of carbonyl (C=O) groups excluding carboxylic acids is 2. The fourth-order valence-electron chi connectivity index (χ4n) is 1.24. The molecule has 0 fully saturated rings. The summed E-state index contributed by atoms with van der Waals surface area (Å²) in [6.45, 7) is 0. The number of benzene rings is 1. The third kappa shape index (κ3) is 2.53. The molecule has 2 rings (SSSR count). The van der Waals surface area contributed by atoms with Crippen molar-refractivity contribution in [2.24, 2.45) is 0 Å². The predicted molar refractivity (Wildman–Crippen MR) is 54.0 cm³/mol. The maximum atomic E-state index is 11.2. The summed E-state index contributed by atoms with van der Waals surface area (Å²) in [7, 11) is 13.0. The van der Waals surface area contributed by atoms with Gasteiger partial charge in [0.1, 0.15) is 0 Å². The van der Waals surface area contributed by atoms with Gasteiger partial charge in [0.25, 0.3) is 0 Å². The Morgan fingerprint density at radius 2 is 1.40 bits per heavy atom. The van der Waals surface area contributed by atoms with E-state index in [1.807, 2.05) is 0 Å². The van der Waals surface area contributed by atoms with Gasteiger partial charge in [0, 0.05) is 11.1 Å². The van der Waals surface area contributed by atoms with Gasteiger partial charge < -0.3 is 4.90 Å². The van der Waals surface area contributed by atoms with Crippen molar-refractivity contribution >= 4 is 31.9 Å². The first-order chi connectivity index (χ1) is 7.13. The van der Waals surface area contributed by atoms with E-state index in [4.69, 9.17) is 20.1 Å². The second kappa shape index (κ2) is 5.53. The van der Waals surface area contributed by atoms with Gasteiger partial charge in [-0.1, -0.05) is 12.1 Å². The molecule has 0 saturated carbocycles. The van der Waals surface area contributed by atoms with Gasteiger partial charge in [-0.05, 0) is 12.1 Å². The van der Waals surface area contributed by atoms with Crippen LogP contribution < -0.4 is 0 Å². The summed E-state index contributed by atoms with van der Waals surface area (Å²) >= 11 is -0.181. The maximum absolute atomic E-state index is 11.2. The summed E-state index contributed by atoms with van der Waals surface area (Å²) in [6.07, 6.45) is 0. The molecule has 0 atom stereocenters. The zero-order valence-electron chi connectivity index (χ0n) is 7.44. The van der Waals surface area contributed by atoms with Crippen molar-refractivity contribution < 1.29 is 23.0 Å². The predicted octanol–water partition coefficient (Wildman–Crippen LogP) is 2.45. The molecule has 1 aliphatic rings. The quantitative estimate of drug-likeness (QED) is 0.541. The molecule has 1 aliphatic heterocycles. The molecular weight excluding hydrogens is 277 g/mol. The monoisotopic (exact) mass is 282 g/mol. The minimum atomic E-state index is -0.324. The van der Waals surface area contributed by atoms with E-state index in [0.717, 1.165) is 4.90 Å². The molecule has 1 aromatic carbocycles. The van der Waals surface area contributed by atoms with Gasteiger partial charge in [-0.3, -0.25) is 9.59 Å². The summed E-state index contributed by atoms with van der Waals surface area (Å²) in [5.41, 5.74) is 0.884. The molecule has 2 amide bonds. The number of hydrogen-bond donors (Lipinski definition) is 0. The number of amides is 2. The van der Waals surface area contributed by atoms with Gasteiger partial charge in [0.15, 0.2) is 0 Å². The van der Waals surface area contributed by atoms with Gasteiger partial charge in [0.2, 0.25) is 11.8 Å². The fourth-order valence-corrected chi connectivity index (χ4v) is 1.24. The van der Waals surface area contributed by atoms with Crippen LogP contribution in [0.15, 0.2) is 24.3 Å². The van der Waals surface area contributed by atoms with Crippen molar-refractivity contribution in [3.05, 3.63) is 42.4 Å². The zero-order valence-corrected chi connectivity index (χ0v) is 10.2. The molecule has 0 saturated heterocycles. The average molecular weight is 283 g/mol. The molecule has 0 aromatic heterocycles. The Kier molecular flexibility index (Phi) is 4.62. The Morgan fingerprint density at radius 3 is 1.73 bits per heavy atom. The normalized spacial score (nSPS) is 13.1. The van der Waals surface area contributed by atoms with Crippen LogP contribution in [0.4, 0.5) is 0 Å². The van der Waals surface area contributed by atoms with E-state index < -0.39 is 0 Å². The fraction of sp³-hybridized carbons (Fsp3) is 0. The van der Waals surface area contributed by atoms with E-state index in [-0.39, 0.29) is 25.2 Å². The molecule has 15 heavy (non-hydrogen) atoms. The molecule has 6 heteroatoms. The van der Waals surface area contributed by atoms with Crippen LogP contribution in [0.25, 0.3) is 0 Å². The summed E-state index contributed by atoms with van der Waals surface area (Å²) in [5, 5.41) is 0. The Hall–Kier alpha value is -0.528. The SMILES string of the molecule is [CH2-]N1C(=O)c2ccccc2C1=O.[Cl][Cr+][Cl]. The number of fused-ring (bicyclic) bond motifs is 1. The van der Waals surface area contributed by atoms with Crippen molar-refractivity contribution in [1.29, 1.82) is 0 Å². The molecule has 3 nitrogen and oxygen atoms in total. The Balaban J connectivity index is 0.000000337. The summed E-state index contributed by atoms with van der Waals surface area (Å²) < 4.78 is 0. The van der Waals surface area contributed by atoms with Gasteiger partial charge in [-0.2, -0.15) is 0 Å². The molecule has 1 heterocycles. The molecule has 0 aliphatic carbocycles. The molecule has 79 valence electrons. The number of imide groups is 1. The summed E-state index contributed by atoms with van der Waals surface area (Å²) in [5.74, 6) is -0.647. The van der Waals surface area contributed by atoms with E-state index in [2.05, 4.69) is 7.05 Å². The van der Waals surface area contributed by atoms with Crippen LogP contribution in [0.1, 0.15) is 20.7 Å². The number of rotatable bonds is 0. The second-order valence-corrected chi connectivity index (χ2v) is 4.75. The Labute approximate surface area is 102 Å². The molecule has 1 aromatic rings. The number of halogens is 2. The van der Waals surface area contributed by atoms with E-state index >= 15 is 0 Å². The van der Waals surface area contributed by atoms with Crippen molar-refractivity contribution in [3.8, 4) is 0 Å². The van der Waals surface area contributed by atoms with E-state index in [1.54, 1.807) is 24.3 Å². The minimum absolute atomic E-state index is 0.181. The Morgan fingerprint density at radius 1 is 1.07 bits per heavy atom. The van der Waals surface area contributed by atoms with E-state index in [9.17, 15) is 9.59 Å². The Bertz CT molecular complexity index is 362. The topological polar surface area (TPSA) is 37.4 Å². The molecule has 0 radical (unpaired) electrons.